The van der Waals surface area contributed by atoms with Crippen molar-refractivity contribution in [3.63, 3.8) is 0 Å². The molecule has 2 unspecified atom stereocenters. The van der Waals surface area contributed by atoms with Crippen molar-refractivity contribution < 1.29 is 66.7 Å². The van der Waals surface area contributed by atoms with Gasteiger partial charge in [0.15, 0.2) is 28.9 Å². The fraction of sp³-hybridized carbons (Fsp3) is 0.922. The Kier molecular flexibility index (Phi) is 34.9. The highest BCUT2D eigenvalue weighted by atomic mass is 16.5. The molecule has 6 aliphatic carbocycles. The van der Waals surface area contributed by atoms with Crippen molar-refractivity contribution >= 4 is 40.5 Å². The van der Waals surface area contributed by atoms with Gasteiger partial charge in [-0.05, 0) is 255 Å². The third-order valence-electron chi connectivity index (χ3n) is 18.3. The Hall–Kier alpha value is -2.59. The molecular formula is C90H168O14. The van der Waals surface area contributed by atoms with Crippen LogP contribution in [-0.4, -0.2) is 122 Å². The zero-order valence-electron chi connectivity index (χ0n) is 76.2. The van der Waals surface area contributed by atoms with Gasteiger partial charge in [-0.15, -0.1) is 0 Å². The van der Waals surface area contributed by atoms with Gasteiger partial charge < -0.3 is 33.2 Å². The Morgan fingerprint density at radius 3 is 0.702 bits per heavy atom. The lowest BCUT2D eigenvalue weighted by Gasteiger charge is -2.47. The van der Waals surface area contributed by atoms with Crippen LogP contribution in [0.2, 0.25) is 0 Å². The van der Waals surface area contributed by atoms with Crippen LogP contribution < -0.4 is 0 Å². The number of hydrogen-bond acceptors (Lipinski definition) is 14. The van der Waals surface area contributed by atoms with E-state index in [1.807, 2.05) is 298 Å². The Morgan fingerprint density at radius 1 is 0.279 bits per heavy atom. The van der Waals surface area contributed by atoms with Crippen molar-refractivity contribution in [3.8, 4) is 0 Å². The molecule has 2 atom stereocenters. The topological polar surface area (TPSA) is 184 Å². The minimum absolute atomic E-state index is 0.145. The fourth-order valence-corrected chi connectivity index (χ4v) is 13.2. The summed E-state index contributed by atoms with van der Waals surface area (Å²) >= 11 is 0. The SMILES string of the molecule is CC(C)(C)OC(C(=O)C(C)(C)C)C1CC1.CC(C)(C)OC1(C(=O)C(C)(C)C)CC1.CC(C)(C)OC1(C(=O)C(C)(C)C)CCC1.CC(C)(C)OC1(C(=O)C(C)(C)C)CCCC1.CC(C)(C)OCC1(C(=O)C(C)(C)C)CC1.CC(C)(C)OCC1(C(=O)C(C)(C)C)CCC1.CC(OC(C)(C)C)C(=O)C(C)(C)C. The van der Waals surface area contributed by atoms with Gasteiger partial charge in [-0.25, -0.2) is 0 Å². The molecule has 0 bridgehead atoms. The van der Waals surface area contributed by atoms with Crippen LogP contribution in [0.25, 0.3) is 0 Å². The maximum atomic E-state index is 12.5. The highest BCUT2D eigenvalue weighted by Crippen LogP contribution is 2.52. The van der Waals surface area contributed by atoms with Crippen molar-refractivity contribution in [2.75, 3.05) is 13.2 Å². The molecule has 612 valence electrons. The Bertz CT molecular complexity index is 2740. The molecule has 14 heteroatoms. The second kappa shape index (κ2) is 35.8. The second-order valence-electron chi connectivity index (χ2n) is 45.9. The summed E-state index contributed by atoms with van der Waals surface area (Å²) in [6.07, 6.45) is 15.6. The minimum atomic E-state index is -0.517. The van der Waals surface area contributed by atoms with E-state index < -0.39 is 16.8 Å². The molecule has 0 heterocycles. The lowest BCUT2D eigenvalue weighted by molar-refractivity contribution is -0.191. The first-order chi connectivity index (χ1) is 45.5. The van der Waals surface area contributed by atoms with Crippen molar-refractivity contribution in [1.82, 2.24) is 0 Å². The summed E-state index contributed by atoms with van der Waals surface area (Å²) in [5.41, 5.74) is -5.29. The molecule has 0 aromatic heterocycles. The van der Waals surface area contributed by atoms with E-state index in [0.717, 1.165) is 103 Å². The van der Waals surface area contributed by atoms with E-state index in [2.05, 4.69) is 0 Å². The normalized spacial score (nSPS) is 20.0. The number of rotatable bonds is 17. The largest absolute Gasteiger partial charge is 0.375 e. The fourth-order valence-electron chi connectivity index (χ4n) is 13.2. The van der Waals surface area contributed by atoms with E-state index in [0.29, 0.717) is 30.7 Å². The third-order valence-corrected chi connectivity index (χ3v) is 18.3. The molecule has 6 aliphatic rings. The highest BCUT2D eigenvalue weighted by Gasteiger charge is 2.57. The van der Waals surface area contributed by atoms with Crippen LogP contribution in [0.4, 0.5) is 0 Å². The van der Waals surface area contributed by atoms with E-state index in [-0.39, 0.29) is 129 Å². The van der Waals surface area contributed by atoms with Crippen molar-refractivity contribution in [2.45, 2.75) is 469 Å². The van der Waals surface area contributed by atoms with Crippen molar-refractivity contribution in [1.29, 1.82) is 0 Å². The number of ether oxygens (including phenoxy) is 7. The number of ketones is 7. The first kappa shape index (κ1) is 101. The maximum absolute atomic E-state index is 12.5. The molecule has 0 amide bonds. The van der Waals surface area contributed by atoms with Gasteiger partial charge in [-0.2, -0.15) is 0 Å². The standard InChI is InChI=1S/2C14H26O2.3C13H24O2.C12H22O2.C11H22O2/c1-12(2,3)11(15)14(8-7-9-14)10-16-13(4,5)6;1-12(2,3)11(15)14(9-7-8-10-14)16-13(4,5)6;1-11(2,3)10(14)13(7-8-13)9-15-12(4,5)6;1-11(2,3)10(14)13(8-7-9-13)15-12(4,5)6;1-12(2,3)11(14)10(9-7-8-9)15-13(4,5)6;1-10(2,3)9(13)12(7-8-12)14-11(4,5)6;1-8(13-11(5,6)7)9(12)10(2,3)4/h2*7-10H2,1-6H3;2*7-9H2,1-6H3;9-10H,7-8H2,1-6H3;7-8H2,1-6H3;8H,1-7H3. The van der Waals surface area contributed by atoms with Gasteiger partial charge in [-0.3, -0.25) is 33.6 Å². The Labute approximate surface area is 640 Å². The predicted molar refractivity (Wildman–Crippen MR) is 431 cm³/mol. The van der Waals surface area contributed by atoms with Crippen molar-refractivity contribution in [3.05, 3.63) is 0 Å². The molecule has 0 radical (unpaired) electrons. The zero-order chi connectivity index (χ0) is 83.0. The molecule has 0 N–H and O–H groups in total. The van der Waals surface area contributed by atoms with E-state index in [4.69, 9.17) is 33.2 Å². The van der Waals surface area contributed by atoms with Crippen LogP contribution in [0.15, 0.2) is 0 Å². The average Bonchev–Trinajstić information content (AvgIpc) is 1.13. The van der Waals surface area contributed by atoms with Crippen molar-refractivity contribution in [2.24, 2.45) is 54.7 Å². The van der Waals surface area contributed by atoms with Crippen LogP contribution in [-0.2, 0) is 66.7 Å². The molecule has 14 nitrogen and oxygen atoms in total. The molecule has 104 heavy (non-hydrogen) atoms. The molecular weight excluding hydrogens is 1300 g/mol. The maximum Gasteiger partial charge on any atom is 0.169 e. The van der Waals surface area contributed by atoms with Gasteiger partial charge in [0.25, 0.3) is 0 Å². The molecule has 6 rings (SSSR count). The predicted octanol–water partition coefficient (Wildman–Crippen LogP) is 22.8. The monoisotopic (exact) mass is 1470 g/mol. The molecule has 6 saturated carbocycles. The summed E-state index contributed by atoms with van der Waals surface area (Å²) in [4.78, 5) is 85.5. The lowest BCUT2D eigenvalue weighted by atomic mass is 9.61. The van der Waals surface area contributed by atoms with E-state index in [9.17, 15) is 33.6 Å². The quantitative estimate of drug-likeness (QED) is 0.134. The number of Topliss-reactive ketones (excluding diaryl/α,β-unsaturated/α-hetero) is 7. The highest BCUT2D eigenvalue weighted by molar-refractivity contribution is 5.95. The van der Waals surface area contributed by atoms with E-state index in [1.54, 1.807) is 0 Å². The first-order valence-corrected chi connectivity index (χ1v) is 40.1. The summed E-state index contributed by atoms with van der Waals surface area (Å²) in [6.45, 7) is 86.7. The Balaban J connectivity index is 0.00000119. The summed E-state index contributed by atoms with van der Waals surface area (Å²) in [7, 11) is 0. The summed E-state index contributed by atoms with van der Waals surface area (Å²) in [5.74, 6) is 2.39. The van der Waals surface area contributed by atoms with Gasteiger partial charge in [0.05, 0.1) is 63.3 Å². The van der Waals surface area contributed by atoms with Gasteiger partial charge in [0.1, 0.15) is 40.6 Å². The summed E-state index contributed by atoms with van der Waals surface area (Å²) < 4.78 is 41.1. The minimum Gasteiger partial charge on any atom is -0.375 e. The third kappa shape index (κ3) is 37.0. The van der Waals surface area contributed by atoms with Gasteiger partial charge in [0, 0.05) is 37.9 Å². The van der Waals surface area contributed by atoms with Crippen LogP contribution in [0, 0.1) is 54.7 Å². The Morgan fingerprint density at radius 2 is 0.529 bits per heavy atom. The molecule has 0 saturated heterocycles. The van der Waals surface area contributed by atoms with E-state index >= 15 is 0 Å². The van der Waals surface area contributed by atoms with Crippen LogP contribution in [0.3, 0.4) is 0 Å². The van der Waals surface area contributed by atoms with Gasteiger partial charge in [-0.1, -0.05) is 152 Å². The number of carbonyl (C=O) groups excluding carboxylic acids is 7. The van der Waals surface area contributed by atoms with Gasteiger partial charge >= 0.3 is 0 Å². The van der Waals surface area contributed by atoms with Crippen LogP contribution >= 0.6 is 0 Å². The average molecular weight is 1470 g/mol. The summed E-state index contributed by atoms with van der Waals surface area (Å²) in [5, 5.41) is 0. The lowest BCUT2D eigenvalue weighted by Crippen LogP contribution is -2.55. The first-order valence-electron chi connectivity index (χ1n) is 40.1. The van der Waals surface area contributed by atoms with Crippen LogP contribution in [0.1, 0.15) is 400 Å². The van der Waals surface area contributed by atoms with Crippen LogP contribution in [0.5, 0.6) is 0 Å². The molecule has 6 fully saturated rings. The van der Waals surface area contributed by atoms with E-state index in [1.165, 1.54) is 0 Å². The number of carbonyl (C=O) groups is 7. The zero-order valence-corrected chi connectivity index (χ0v) is 76.2. The number of hydrogen-bond donors (Lipinski definition) is 0. The molecule has 0 aromatic rings. The molecule has 0 aromatic carbocycles. The smallest absolute Gasteiger partial charge is 0.169 e. The second-order valence-corrected chi connectivity index (χ2v) is 45.9. The molecule has 0 aliphatic heterocycles. The molecule has 0 spiro atoms. The van der Waals surface area contributed by atoms with Gasteiger partial charge in [0.2, 0.25) is 0 Å². The summed E-state index contributed by atoms with van der Waals surface area (Å²) in [6, 6.07) is 0.